The molecule has 144 valence electrons. The number of benzene rings is 2. The van der Waals surface area contributed by atoms with Crippen LogP contribution in [0, 0.1) is 12.8 Å². The Morgan fingerprint density at radius 3 is 2.48 bits per heavy atom. The first-order valence-corrected chi connectivity index (χ1v) is 10.8. The maximum absolute atomic E-state index is 12.9. The lowest BCUT2D eigenvalue weighted by atomic mass is 10.0. The average molecular weight is 407 g/mol. The third-order valence-electron chi connectivity index (χ3n) is 4.96. The summed E-state index contributed by atoms with van der Waals surface area (Å²) >= 11 is 6.18. The van der Waals surface area contributed by atoms with Gasteiger partial charge in [-0.3, -0.25) is 4.79 Å². The number of nitrogens with zero attached hydrogens (tertiary/aromatic N) is 1. The lowest BCUT2D eigenvalue weighted by Crippen LogP contribution is -2.37. The summed E-state index contributed by atoms with van der Waals surface area (Å²) in [4.78, 5) is 12.8. The summed E-state index contributed by atoms with van der Waals surface area (Å²) in [5, 5.41) is 3.01. The number of nitrogens with one attached hydrogen (secondary N) is 1. The number of anilines is 1. The van der Waals surface area contributed by atoms with Crippen LogP contribution in [0.25, 0.3) is 0 Å². The Morgan fingerprint density at radius 1 is 1.15 bits per heavy atom. The number of carbonyl (C=O) groups excluding carboxylic acids is 1. The molecule has 0 aliphatic carbocycles. The summed E-state index contributed by atoms with van der Waals surface area (Å²) in [6.45, 7) is 5.00. The van der Waals surface area contributed by atoms with Gasteiger partial charge >= 0.3 is 0 Å². The molecule has 7 heteroatoms. The average Bonchev–Trinajstić information content (AvgIpc) is 2.64. The molecule has 0 saturated carbocycles. The van der Waals surface area contributed by atoms with E-state index < -0.39 is 15.9 Å². The molecule has 1 saturated heterocycles. The quantitative estimate of drug-likeness (QED) is 0.822. The van der Waals surface area contributed by atoms with E-state index in [2.05, 4.69) is 12.2 Å². The Hall–Kier alpha value is -1.89. The molecule has 0 atom stereocenters. The van der Waals surface area contributed by atoms with E-state index in [1.165, 1.54) is 22.5 Å². The number of carbonyl (C=O) groups is 1. The first kappa shape index (κ1) is 19.9. The van der Waals surface area contributed by atoms with E-state index in [4.69, 9.17) is 11.6 Å². The normalized spacial score (nSPS) is 16.3. The molecular weight excluding hydrogens is 384 g/mol. The summed E-state index contributed by atoms with van der Waals surface area (Å²) in [7, 11) is -3.64. The van der Waals surface area contributed by atoms with Gasteiger partial charge in [0.1, 0.15) is 0 Å². The standard InChI is InChI=1S/C20H23ClN2O3S/c1-14-9-11-23(12-10-14)27(25,26)16-7-8-18(21)17(13-16)20(24)22-19-6-4-3-5-15(19)2/h3-8,13-14H,9-12H2,1-2H3,(H,22,24). The minimum Gasteiger partial charge on any atom is -0.322 e. The highest BCUT2D eigenvalue weighted by Gasteiger charge is 2.29. The van der Waals surface area contributed by atoms with Crippen LogP contribution in [0.2, 0.25) is 5.02 Å². The van der Waals surface area contributed by atoms with Crippen LogP contribution in [-0.2, 0) is 10.0 Å². The fourth-order valence-electron chi connectivity index (χ4n) is 3.12. The van der Waals surface area contributed by atoms with Crippen LogP contribution in [0.15, 0.2) is 47.4 Å². The predicted octanol–water partition coefficient (Wildman–Crippen LogP) is 4.32. The van der Waals surface area contributed by atoms with Gasteiger partial charge in [-0.1, -0.05) is 36.7 Å². The van der Waals surface area contributed by atoms with Crippen LogP contribution in [-0.4, -0.2) is 31.7 Å². The molecule has 0 radical (unpaired) electrons. The highest BCUT2D eigenvalue weighted by atomic mass is 35.5. The minimum absolute atomic E-state index is 0.0939. The van der Waals surface area contributed by atoms with Crippen molar-refractivity contribution in [1.29, 1.82) is 0 Å². The second kappa shape index (κ2) is 8.00. The summed E-state index contributed by atoms with van der Waals surface area (Å²) in [5.41, 5.74) is 1.72. The number of amides is 1. The summed E-state index contributed by atoms with van der Waals surface area (Å²) in [6.07, 6.45) is 1.68. The maximum atomic E-state index is 12.9. The van der Waals surface area contributed by atoms with Gasteiger partial charge in [0, 0.05) is 18.8 Å². The predicted molar refractivity (Wildman–Crippen MR) is 108 cm³/mol. The van der Waals surface area contributed by atoms with Crippen molar-refractivity contribution >= 4 is 33.2 Å². The summed E-state index contributed by atoms with van der Waals surface area (Å²) in [6, 6.07) is 11.7. The van der Waals surface area contributed by atoms with Crippen molar-refractivity contribution in [2.45, 2.75) is 31.6 Å². The molecule has 5 nitrogen and oxygen atoms in total. The second-order valence-electron chi connectivity index (χ2n) is 7.00. The van der Waals surface area contributed by atoms with E-state index in [1.54, 1.807) is 6.07 Å². The van der Waals surface area contributed by atoms with Gasteiger partial charge in [-0.05, 0) is 55.5 Å². The van der Waals surface area contributed by atoms with Gasteiger partial charge in [-0.25, -0.2) is 8.42 Å². The molecule has 27 heavy (non-hydrogen) atoms. The van der Waals surface area contributed by atoms with Crippen LogP contribution in [0.1, 0.15) is 35.7 Å². The van der Waals surface area contributed by atoms with Crippen LogP contribution in [0.5, 0.6) is 0 Å². The minimum atomic E-state index is -3.64. The molecule has 1 heterocycles. The van der Waals surface area contributed by atoms with E-state index in [-0.39, 0.29) is 15.5 Å². The molecule has 1 amide bonds. The van der Waals surface area contributed by atoms with Crippen molar-refractivity contribution in [3.63, 3.8) is 0 Å². The Bertz CT molecular complexity index is 951. The summed E-state index contributed by atoms with van der Waals surface area (Å²) in [5.74, 6) is 0.0933. The van der Waals surface area contributed by atoms with Crippen LogP contribution >= 0.6 is 11.6 Å². The molecule has 1 fully saturated rings. The summed E-state index contributed by atoms with van der Waals surface area (Å²) < 4.78 is 27.4. The van der Waals surface area contributed by atoms with Gasteiger partial charge in [0.15, 0.2) is 0 Å². The molecule has 1 aliphatic rings. The van der Waals surface area contributed by atoms with E-state index >= 15 is 0 Å². The molecule has 2 aromatic carbocycles. The van der Waals surface area contributed by atoms with Gasteiger partial charge < -0.3 is 5.32 Å². The number of hydrogen-bond acceptors (Lipinski definition) is 3. The Morgan fingerprint density at radius 2 is 1.81 bits per heavy atom. The maximum Gasteiger partial charge on any atom is 0.257 e. The number of para-hydroxylation sites is 1. The van der Waals surface area contributed by atoms with Crippen molar-refractivity contribution in [3.8, 4) is 0 Å². The lowest BCUT2D eigenvalue weighted by molar-refractivity contribution is 0.102. The van der Waals surface area contributed by atoms with Gasteiger partial charge in [-0.15, -0.1) is 0 Å². The molecular formula is C20H23ClN2O3S. The van der Waals surface area contributed by atoms with Gasteiger partial charge in [0.05, 0.1) is 15.5 Å². The first-order valence-electron chi connectivity index (χ1n) is 8.95. The number of rotatable bonds is 4. The molecule has 1 N–H and O–H groups in total. The molecule has 0 spiro atoms. The van der Waals surface area contributed by atoms with E-state index in [0.717, 1.165) is 18.4 Å². The molecule has 0 unspecified atom stereocenters. The number of aryl methyl sites for hydroxylation is 1. The Kier molecular flexibility index (Phi) is 5.89. The monoisotopic (exact) mass is 406 g/mol. The lowest BCUT2D eigenvalue weighted by Gasteiger charge is -2.29. The van der Waals surface area contributed by atoms with E-state index in [1.807, 2.05) is 25.1 Å². The zero-order valence-electron chi connectivity index (χ0n) is 15.4. The van der Waals surface area contributed by atoms with Crippen molar-refractivity contribution in [1.82, 2.24) is 4.31 Å². The molecule has 0 aromatic heterocycles. The number of piperidine rings is 1. The Labute approximate surface area is 165 Å². The molecule has 0 bridgehead atoms. The highest BCUT2D eigenvalue weighted by molar-refractivity contribution is 7.89. The van der Waals surface area contributed by atoms with Crippen molar-refractivity contribution < 1.29 is 13.2 Å². The van der Waals surface area contributed by atoms with Crippen molar-refractivity contribution in [2.75, 3.05) is 18.4 Å². The molecule has 3 rings (SSSR count). The van der Waals surface area contributed by atoms with Crippen molar-refractivity contribution in [3.05, 3.63) is 58.6 Å². The third kappa shape index (κ3) is 4.34. The topological polar surface area (TPSA) is 66.5 Å². The first-order chi connectivity index (χ1) is 12.8. The van der Waals surface area contributed by atoms with Crippen LogP contribution < -0.4 is 5.32 Å². The van der Waals surface area contributed by atoms with Crippen LogP contribution in [0.3, 0.4) is 0 Å². The second-order valence-corrected chi connectivity index (χ2v) is 9.34. The van der Waals surface area contributed by atoms with E-state index in [9.17, 15) is 13.2 Å². The fourth-order valence-corrected chi connectivity index (χ4v) is 4.82. The zero-order valence-corrected chi connectivity index (χ0v) is 17.0. The molecule has 1 aliphatic heterocycles. The number of sulfonamides is 1. The van der Waals surface area contributed by atoms with Crippen molar-refractivity contribution in [2.24, 2.45) is 5.92 Å². The SMILES string of the molecule is Cc1ccccc1NC(=O)c1cc(S(=O)(=O)N2CCC(C)CC2)ccc1Cl. The number of halogens is 1. The van der Waals surface area contributed by atoms with Gasteiger partial charge in [0.25, 0.3) is 5.91 Å². The smallest absolute Gasteiger partial charge is 0.257 e. The van der Waals surface area contributed by atoms with Crippen LogP contribution in [0.4, 0.5) is 5.69 Å². The molecule has 2 aromatic rings. The largest absolute Gasteiger partial charge is 0.322 e. The third-order valence-corrected chi connectivity index (χ3v) is 7.18. The van der Waals surface area contributed by atoms with E-state index in [0.29, 0.717) is 24.7 Å². The Balaban J connectivity index is 1.88. The highest BCUT2D eigenvalue weighted by Crippen LogP contribution is 2.27. The zero-order chi connectivity index (χ0) is 19.6. The van der Waals surface area contributed by atoms with Gasteiger partial charge in [0.2, 0.25) is 10.0 Å². The number of hydrogen-bond donors (Lipinski definition) is 1. The van der Waals surface area contributed by atoms with Gasteiger partial charge in [-0.2, -0.15) is 4.31 Å². The fraction of sp³-hybridized carbons (Fsp3) is 0.350.